The van der Waals surface area contributed by atoms with Crippen LogP contribution in [0.2, 0.25) is 0 Å². The maximum absolute atomic E-state index is 5.75. The second-order valence-corrected chi connectivity index (χ2v) is 4.06. The molecule has 3 aromatic rings. The Balaban J connectivity index is 1.97. The van der Waals surface area contributed by atoms with Crippen LogP contribution in [-0.4, -0.2) is 31.8 Å². The summed E-state index contributed by atoms with van der Waals surface area (Å²) in [4.78, 5) is 12.5. The van der Waals surface area contributed by atoms with Crippen LogP contribution in [0.5, 0.6) is 5.88 Å². The van der Waals surface area contributed by atoms with Crippen molar-refractivity contribution in [2.24, 2.45) is 0 Å². The fraction of sp³-hybridized carbons (Fsp3) is 0.0769. The third kappa shape index (κ3) is 2.28. The van der Waals surface area contributed by atoms with E-state index in [1.165, 1.54) is 18.0 Å². The molecule has 2 aromatic heterocycles. The number of nitrogen functional groups attached to an aromatic ring is 1. The van der Waals surface area contributed by atoms with Crippen molar-refractivity contribution in [3.05, 3.63) is 43.0 Å². The number of methoxy groups -OCH3 is 1. The molecule has 0 spiro atoms. The van der Waals surface area contributed by atoms with Crippen molar-refractivity contribution in [3.8, 4) is 23.1 Å². The summed E-state index contributed by atoms with van der Waals surface area (Å²) in [5.41, 5.74) is 7.26. The van der Waals surface area contributed by atoms with E-state index in [2.05, 4.69) is 20.1 Å². The number of hydrogen-bond acceptors (Lipinski definition) is 6. The van der Waals surface area contributed by atoms with E-state index in [-0.39, 0.29) is 0 Å². The minimum atomic E-state index is 0.420. The maximum atomic E-state index is 5.75. The number of aromatic nitrogens is 5. The lowest BCUT2D eigenvalue weighted by Gasteiger charge is -2.01. The molecule has 0 unspecified atom stereocenters. The molecule has 7 heteroatoms. The van der Waals surface area contributed by atoms with Crippen LogP contribution < -0.4 is 10.5 Å². The van der Waals surface area contributed by atoms with Crippen molar-refractivity contribution >= 4 is 5.69 Å². The molecular weight excluding hydrogens is 256 g/mol. The Hall–Kier alpha value is -2.96. The first-order valence-electron chi connectivity index (χ1n) is 5.90. The number of benzene rings is 1. The van der Waals surface area contributed by atoms with Gasteiger partial charge < -0.3 is 10.5 Å². The summed E-state index contributed by atoms with van der Waals surface area (Å²) in [6.07, 6.45) is 4.68. The Labute approximate surface area is 115 Å². The highest BCUT2D eigenvalue weighted by Gasteiger charge is 2.07. The van der Waals surface area contributed by atoms with Crippen LogP contribution in [0.15, 0.2) is 43.0 Å². The molecule has 0 radical (unpaired) electrons. The molecule has 20 heavy (non-hydrogen) atoms. The molecule has 2 N–H and O–H groups in total. The summed E-state index contributed by atoms with van der Waals surface area (Å²) >= 11 is 0. The lowest BCUT2D eigenvalue weighted by molar-refractivity contribution is 0.394. The predicted octanol–water partition coefficient (Wildman–Crippen LogP) is 1.32. The smallest absolute Gasteiger partial charge is 0.234 e. The average Bonchev–Trinajstić information content (AvgIpc) is 2.97. The van der Waals surface area contributed by atoms with Gasteiger partial charge in [-0.2, -0.15) is 4.98 Å². The topological polar surface area (TPSA) is 91.7 Å². The van der Waals surface area contributed by atoms with Crippen LogP contribution in [0.25, 0.3) is 17.2 Å². The van der Waals surface area contributed by atoms with Gasteiger partial charge in [-0.15, -0.1) is 5.10 Å². The van der Waals surface area contributed by atoms with Crippen molar-refractivity contribution in [1.29, 1.82) is 0 Å². The van der Waals surface area contributed by atoms with E-state index >= 15 is 0 Å². The molecular formula is C13H12N6O. The Bertz CT molecular complexity index is 739. The molecule has 100 valence electrons. The minimum absolute atomic E-state index is 0.420. The zero-order valence-electron chi connectivity index (χ0n) is 10.8. The predicted molar refractivity (Wildman–Crippen MR) is 73.3 cm³/mol. The van der Waals surface area contributed by atoms with E-state index in [4.69, 9.17) is 10.5 Å². The second-order valence-electron chi connectivity index (χ2n) is 4.06. The molecule has 0 aliphatic heterocycles. The summed E-state index contributed by atoms with van der Waals surface area (Å²) in [5.74, 6) is 1.53. The number of nitrogens with two attached hydrogens (primary N) is 1. The third-order valence-corrected chi connectivity index (χ3v) is 2.68. The molecule has 0 amide bonds. The van der Waals surface area contributed by atoms with E-state index < -0.39 is 0 Å². The zero-order chi connectivity index (χ0) is 13.9. The summed E-state index contributed by atoms with van der Waals surface area (Å²) in [6.45, 7) is 0. The van der Waals surface area contributed by atoms with E-state index in [0.29, 0.717) is 23.2 Å². The summed E-state index contributed by atoms with van der Waals surface area (Å²) < 4.78 is 6.57. The fourth-order valence-electron chi connectivity index (χ4n) is 1.73. The van der Waals surface area contributed by atoms with Crippen molar-refractivity contribution in [2.75, 3.05) is 12.8 Å². The third-order valence-electron chi connectivity index (χ3n) is 2.68. The molecule has 0 saturated heterocycles. The molecule has 0 atom stereocenters. The highest BCUT2D eigenvalue weighted by molar-refractivity contribution is 5.60. The first-order chi connectivity index (χ1) is 9.76. The Kier molecular flexibility index (Phi) is 3.00. The molecule has 0 saturated carbocycles. The molecule has 3 rings (SSSR count). The van der Waals surface area contributed by atoms with Gasteiger partial charge in [0.05, 0.1) is 19.5 Å². The Morgan fingerprint density at radius 3 is 2.95 bits per heavy atom. The van der Waals surface area contributed by atoms with Gasteiger partial charge in [0.25, 0.3) is 0 Å². The Morgan fingerprint density at radius 2 is 2.15 bits per heavy atom. The van der Waals surface area contributed by atoms with Crippen LogP contribution in [0.1, 0.15) is 0 Å². The lowest BCUT2D eigenvalue weighted by atomic mass is 10.2. The number of ether oxygens (including phenoxy) is 1. The number of anilines is 1. The molecule has 7 nitrogen and oxygen atoms in total. The lowest BCUT2D eigenvalue weighted by Crippen LogP contribution is -2.01. The summed E-state index contributed by atoms with van der Waals surface area (Å²) in [6, 6.07) is 7.38. The highest BCUT2D eigenvalue weighted by atomic mass is 16.5. The van der Waals surface area contributed by atoms with Gasteiger partial charge in [-0.25, -0.2) is 9.67 Å². The van der Waals surface area contributed by atoms with Gasteiger partial charge in [0.15, 0.2) is 11.6 Å². The monoisotopic (exact) mass is 268 g/mol. The highest BCUT2D eigenvalue weighted by Crippen LogP contribution is 2.18. The molecule has 0 fully saturated rings. The average molecular weight is 268 g/mol. The van der Waals surface area contributed by atoms with Crippen molar-refractivity contribution in [1.82, 2.24) is 24.7 Å². The van der Waals surface area contributed by atoms with Crippen molar-refractivity contribution in [2.45, 2.75) is 0 Å². The molecule has 0 aliphatic carbocycles. The van der Waals surface area contributed by atoms with E-state index in [1.807, 2.05) is 24.3 Å². The second kappa shape index (κ2) is 4.96. The van der Waals surface area contributed by atoms with Gasteiger partial charge in [-0.05, 0) is 12.1 Å². The molecule has 1 aromatic carbocycles. The van der Waals surface area contributed by atoms with Gasteiger partial charge >= 0.3 is 0 Å². The van der Waals surface area contributed by atoms with Crippen LogP contribution in [-0.2, 0) is 0 Å². The van der Waals surface area contributed by atoms with Gasteiger partial charge in [-0.3, -0.25) is 4.98 Å². The van der Waals surface area contributed by atoms with Crippen molar-refractivity contribution in [3.63, 3.8) is 0 Å². The molecule has 2 heterocycles. The van der Waals surface area contributed by atoms with E-state index in [0.717, 1.165) is 5.56 Å². The maximum Gasteiger partial charge on any atom is 0.234 e. The van der Waals surface area contributed by atoms with Gasteiger partial charge in [-0.1, -0.05) is 12.1 Å². The fourth-order valence-corrected chi connectivity index (χ4v) is 1.73. The van der Waals surface area contributed by atoms with Gasteiger partial charge in [0, 0.05) is 11.3 Å². The largest absolute Gasteiger partial charge is 0.480 e. The zero-order valence-corrected chi connectivity index (χ0v) is 10.8. The number of rotatable bonds is 3. The summed E-state index contributed by atoms with van der Waals surface area (Å²) in [7, 11) is 1.54. The van der Waals surface area contributed by atoms with Crippen LogP contribution in [0.4, 0.5) is 5.69 Å². The van der Waals surface area contributed by atoms with E-state index in [1.54, 1.807) is 12.5 Å². The molecule has 0 aliphatic rings. The quantitative estimate of drug-likeness (QED) is 0.720. The van der Waals surface area contributed by atoms with Crippen LogP contribution in [0.3, 0.4) is 0 Å². The van der Waals surface area contributed by atoms with Gasteiger partial charge in [0.1, 0.15) is 6.33 Å². The van der Waals surface area contributed by atoms with E-state index in [9.17, 15) is 0 Å². The normalized spacial score (nSPS) is 10.4. The molecule has 0 bridgehead atoms. The Morgan fingerprint density at radius 1 is 1.25 bits per heavy atom. The first kappa shape index (κ1) is 12.1. The SMILES string of the molecule is COc1cncc(-n2cnc(-c3cccc(N)c3)n2)n1. The van der Waals surface area contributed by atoms with Crippen LogP contribution in [0, 0.1) is 0 Å². The number of hydrogen-bond donors (Lipinski definition) is 1. The minimum Gasteiger partial charge on any atom is -0.480 e. The summed E-state index contributed by atoms with van der Waals surface area (Å²) in [5, 5.41) is 4.36. The standard InChI is InChI=1S/C13H12N6O/c1-20-12-7-15-6-11(17-12)19-8-16-13(18-19)9-3-2-4-10(14)5-9/h2-8H,14H2,1H3. The first-order valence-corrected chi connectivity index (χ1v) is 5.90. The van der Waals surface area contributed by atoms with Crippen molar-refractivity contribution < 1.29 is 4.74 Å². The number of nitrogens with zero attached hydrogens (tertiary/aromatic N) is 5. The van der Waals surface area contributed by atoms with Crippen LogP contribution >= 0.6 is 0 Å². The van der Waals surface area contributed by atoms with Gasteiger partial charge in [0.2, 0.25) is 5.88 Å².